The SMILES string of the molecule is Cc1ccc(N(C(=O)c2cc3c(s2)CCCC3)C(=O)c2cc3c(s2)CCCC3)nc1. The van der Waals surface area contributed by atoms with Crippen LogP contribution >= 0.6 is 22.7 Å². The average molecular weight is 437 g/mol. The Kier molecular flexibility index (Phi) is 5.29. The third kappa shape index (κ3) is 3.63. The molecule has 4 nitrogen and oxygen atoms in total. The molecule has 3 aromatic heterocycles. The van der Waals surface area contributed by atoms with Crippen molar-refractivity contribution in [2.75, 3.05) is 4.90 Å². The molecule has 0 radical (unpaired) electrons. The molecular formula is C24H24N2O2S2. The fourth-order valence-electron chi connectivity index (χ4n) is 4.31. The lowest BCUT2D eigenvalue weighted by atomic mass is 9.99. The predicted molar refractivity (Wildman–Crippen MR) is 122 cm³/mol. The maximum Gasteiger partial charge on any atom is 0.276 e. The van der Waals surface area contributed by atoms with Crippen molar-refractivity contribution in [1.82, 2.24) is 4.98 Å². The van der Waals surface area contributed by atoms with Crippen molar-refractivity contribution in [2.45, 2.75) is 58.3 Å². The van der Waals surface area contributed by atoms with Crippen LogP contribution in [0.3, 0.4) is 0 Å². The molecule has 0 saturated heterocycles. The Morgan fingerprint density at radius 2 is 1.37 bits per heavy atom. The van der Waals surface area contributed by atoms with Crippen molar-refractivity contribution in [2.24, 2.45) is 0 Å². The van der Waals surface area contributed by atoms with Gasteiger partial charge in [-0.1, -0.05) is 6.07 Å². The number of imide groups is 1. The summed E-state index contributed by atoms with van der Waals surface area (Å²) < 4.78 is 0. The Bertz CT molecular complexity index is 998. The van der Waals surface area contributed by atoms with Crippen LogP contribution in [0.5, 0.6) is 0 Å². The van der Waals surface area contributed by atoms with Crippen LogP contribution in [0.25, 0.3) is 0 Å². The van der Waals surface area contributed by atoms with Gasteiger partial charge in [0.2, 0.25) is 0 Å². The summed E-state index contributed by atoms with van der Waals surface area (Å²) in [4.78, 5) is 36.7. The van der Waals surface area contributed by atoms with Crippen LogP contribution < -0.4 is 4.90 Å². The van der Waals surface area contributed by atoms with Crippen molar-refractivity contribution in [1.29, 1.82) is 0 Å². The third-order valence-corrected chi connectivity index (χ3v) is 8.40. The van der Waals surface area contributed by atoms with Crippen molar-refractivity contribution in [3.05, 3.63) is 66.7 Å². The molecule has 2 aliphatic carbocycles. The first-order valence-electron chi connectivity index (χ1n) is 10.6. The number of pyridine rings is 1. The van der Waals surface area contributed by atoms with Gasteiger partial charge in [-0.15, -0.1) is 22.7 Å². The molecule has 2 aliphatic rings. The Labute approximate surface area is 184 Å². The Morgan fingerprint density at radius 1 is 0.833 bits per heavy atom. The summed E-state index contributed by atoms with van der Waals surface area (Å²) in [5.41, 5.74) is 3.53. The smallest absolute Gasteiger partial charge is 0.267 e. The molecule has 0 bridgehead atoms. The van der Waals surface area contributed by atoms with Crippen LogP contribution in [0.4, 0.5) is 5.82 Å². The minimum atomic E-state index is -0.262. The van der Waals surface area contributed by atoms with E-state index in [0.29, 0.717) is 15.6 Å². The summed E-state index contributed by atoms with van der Waals surface area (Å²) in [5, 5.41) is 0. The van der Waals surface area contributed by atoms with Crippen LogP contribution in [-0.2, 0) is 25.7 Å². The highest BCUT2D eigenvalue weighted by Gasteiger charge is 2.31. The second-order valence-corrected chi connectivity index (χ2v) is 10.4. The van der Waals surface area contributed by atoms with Crippen molar-refractivity contribution in [3.63, 3.8) is 0 Å². The molecule has 0 aliphatic heterocycles. The highest BCUT2D eigenvalue weighted by Crippen LogP contribution is 2.34. The van der Waals surface area contributed by atoms with Gasteiger partial charge in [-0.05, 0) is 93.2 Å². The number of rotatable bonds is 3. The van der Waals surface area contributed by atoms with Gasteiger partial charge in [0, 0.05) is 16.0 Å². The molecular weight excluding hydrogens is 412 g/mol. The summed E-state index contributed by atoms with van der Waals surface area (Å²) in [5.74, 6) is -0.127. The number of aromatic nitrogens is 1. The Hall–Kier alpha value is -2.31. The van der Waals surface area contributed by atoms with Crippen LogP contribution in [0, 0.1) is 6.92 Å². The van der Waals surface area contributed by atoms with Gasteiger partial charge in [0.25, 0.3) is 11.8 Å². The number of nitrogens with zero attached hydrogens (tertiary/aromatic N) is 2. The summed E-state index contributed by atoms with van der Waals surface area (Å²) in [6.07, 6.45) is 10.5. The number of thiophene rings is 2. The van der Waals surface area contributed by atoms with Gasteiger partial charge < -0.3 is 0 Å². The lowest BCUT2D eigenvalue weighted by molar-refractivity contribution is 0.0901. The fourth-order valence-corrected chi connectivity index (χ4v) is 6.67. The van der Waals surface area contributed by atoms with E-state index in [0.717, 1.165) is 31.2 Å². The Balaban J connectivity index is 1.54. The molecule has 0 N–H and O–H groups in total. The molecule has 3 aromatic rings. The van der Waals surface area contributed by atoms with Gasteiger partial charge >= 0.3 is 0 Å². The van der Waals surface area contributed by atoms with Gasteiger partial charge in [0.15, 0.2) is 0 Å². The number of amides is 2. The number of aryl methyl sites for hydroxylation is 5. The number of carbonyl (C=O) groups is 2. The maximum atomic E-state index is 13.6. The molecule has 0 fully saturated rings. The molecule has 154 valence electrons. The molecule has 0 aromatic carbocycles. The average Bonchev–Trinajstić information content (AvgIpc) is 3.39. The van der Waals surface area contributed by atoms with Gasteiger partial charge in [-0.25, -0.2) is 9.88 Å². The predicted octanol–water partition coefficient (Wildman–Crippen LogP) is 5.76. The molecule has 6 heteroatoms. The van der Waals surface area contributed by atoms with Gasteiger partial charge in [-0.3, -0.25) is 9.59 Å². The molecule has 0 atom stereocenters. The molecule has 5 rings (SSSR count). The summed E-state index contributed by atoms with van der Waals surface area (Å²) >= 11 is 3.08. The highest BCUT2D eigenvalue weighted by molar-refractivity contribution is 7.15. The van der Waals surface area contributed by atoms with Crippen LogP contribution in [0.15, 0.2) is 30.5 Å². The van der Waals surface area contributed by atoms with E-state index in [1.54, 1.807) is 34.9 Å². The largest absolute Gasteiger partial charge is 0.276 e. The second kappa shape index (κ2) is 8.08. The van der Waals surface area contributed by atoms with E-state index in [4.69, 9.17) is 0 Å². The van der Waals surface area contributed by atoms with E-state index in [9.17, 15) is 9.59 Å². The fraction of sp³-hybridized carbons (Fsp3) is 0.375. The normalized spacial score (nSPS) is 15.4. The van der Waals surface area contributed by atoms with Gasteiger partial charge in [0.05, 0.1) is 9.75 Å². The van der Waals surface area contributed by atoms with Crippen molar-refractivity contribution < 1.29 is 9.59 Å². The first-order chi connectivity index (χ1) is 14.6. The van der Waals surface area contributed by atoms with E-state index in [1.165, 1.54) is 51.5 Å². The zero-order chi connectivity index (χ0) is 20.7. The standard InChI is InChI=1S/C24H24N2O2S2/c1-15-10-11-22(25-14-15)26(23(27)20-12-16-6-2-4-8-18(16)29-20)24(28)21-13-17-7-3-5-9-19(17)30-21/h10-14H,2-9H2,1H3. The monoisotopic (exact) mass is 436 g/mol. The summed E-state index contributed by atoms with van der Waals surface area (Å²) in [6, 6.07) is 7.66. The lowest BCUT2D eigenvalue weighted by Gasteiger charge is -2.18. The lowest BCUT2D eigenvalue weighted by Crippen LogP contribution is -2.37. The van der Waals surface area contributed by atoms with Crippen LogP contribution in [-0.4, -0.2) is 16.8 Å². The van der Waals surface area contributed by atoms with Crippen LogP contribution in [0.2, 0.25) is 0 Å². The van der Waals surface area contributed by atoms with Crippen molar-refractivity contribution in [3.8, 4) is 0 Å². The van der Waals surface area contributed by atoms with Crippen LogP contribution in [0.1, 0.15) is 71.5 Å². The quantitative estimate of drug-likeness (QED) is 0.491. The Morgan fingerprint density at radius 3 is 1.83 bits per heavy atom. The number of anilines is 1. The minimum Gasteiger partial charge on any atom is -0.267 e. The third-order valence-electron chi connectivity index (χ3n) is 5.95. The zero-order valence-electron chi connectivity index (χ0n) is 17.1. The molecule has 30 heavy (non-hydrogen) atoms. The van der Waals surface area contributed by atoms with Gasteiger partial charge in [-0.2, -0.15) is 0 Å². The molecule has 0 spiro atoms. The highest BCUT2D eigenvalue weighted by atomic mass is 32.1. The van der Waals surface area contributed by atoms with E-state index >= 15 is 0 Å². The first-order valence-corrected chi connectivity index (χ1v) is 12.3. The number of carbonyl (C=O) groups excluding carboxylic acids is 2. The molecule has 0 unspecified atom stereocenters. The summed E-state index contributed by atoms with van der Waals surface area (Å²) in [7, 11) is 0. The van der Waals surface area contributed by atoms with E-state index < -0.39 is 0 Å². The van der Waals surface area contributed by atoms with E-state index in [-0.39, 0.29) is 11.8 Å². The number of hydrogen-bond acceptors (Lipinski definition) is 5. The second-order valence-electron chi connectivity index (χ2n) is 8.17. The van der Waals surface area contributed by atoms with Gasteiger partial charge in [0.1, 0.15) is 5.82 Å². The molecule has 3 heterocycles. The summed E-state index contributed by atoms with van der Waals surface area (Å²) in [6.45, 7) is 1.95. The number of hydrogen-bond donors (Lipinski definition) is 0. The molecule has 0 saturated carbocycles. The van der Waals surface area contributed by atoms with E-state index in [2.05, 4.69) is 4.98 Å². The first kappa shape index (κ1) is 19.6. The van der Waals surface area contributed by atoms with Crippen molar-refractivity contribution >= 4 is 40.3 Å². The number of fused-ring (bicyclic) bond motifs is 2. The van der Waals surface area contributed by atoms with E-state index in [1.807, 2.05) is 25.1 Å². The minimum absolute atomic E-state index is 0.262. The molecule has 2 amide bonds. The maximum absolute atomic E-state index is 13.6. The topological polar surface area (TPSA) is 50.3 Å². The zero-order valence-corrected chi connectivity index (χ0v) is 18.7.